The predicted molar refractivity (Wildman–Crippen MR) is 199 cm³/mol. The number of rotatable bonds is 2. The fourth-order valence-corrected chi connectivity index (χ4v) is 9.38. The molecule has 0 N–H and O–H groups in total. The zero-order chi connectivity index (χ0) is 31.3. The summed E-state index contributed by atoms with van der Waals surface area (Å²) in [6.45, 7) is 0. The Morgan fingerprint density at radius 3 is 1.04 bits per heavy atom. The SMILES string of the molecule is c1ccc2c(c1)Sc1ccccc1N2c1ccc2oc3cc4c(cc3c2c1)oc1ccc(N2c3ccccc3Sc3ccccc32)cc14. The number of fused-ring (bicyclic) bond motifs is 10. The standard InChI is InChI=1S/C42H24N2O2S2/c1-5-13-39-31(9-1)43(32-10-2-6-14-40(32)47-39)25-17-19-35-27(21-25)29-23-38-30(24-37(29)45-35)28-22-26(18-20-36(28)46-38)44-33-11-3-7-15-41(33)48-42-16-8-4-12-34(42)44/h1-24H. The molecular formula is C42H24N2O2S2. The second-order valence-corrected chi connectivity index (χ2v) is 14.3. The first-order valence-corrected chi connectivity index (χ1v) is 17.5. The zero-order valence-electron chi connectivity index (χ0n) is 25.4. The molecule has 0 saturated heterocycles. The number of anilines is 6. The second kappa shape index (κ2) is 9.97. The van der Waals surface area contributed by atoms with E-state index in [-0.39, 0.29) is 0 Å². The van der Waals surface area contributed by atoms with E-state index in [1.54, 1.807) is 0 Å². The van der Waals surface area contributed by atoms with Crippen LogP contribution in [-0.4, -0.2) is 0 Å². The predicted octanol–water partition coefficient (Wildman–Crippen LogP) is 13.4. The second-order valence-electron chi connectivity index (χ2n) is 12.2. The highest BCUT2D eigenvalue weighted by Crippen LogP contribution is 2.53. The topological polar surface area (TPSA) is 32.8 Å². The molecule has 2 aliphatic heterocycles. The van der Waals surface area contributed by atoms with Gasteiger partial charge >= 0.3 is 0 Å². The molecule has 4 nitrogen and oxygen atoms in total. The third-order valence-electron chi connectivity index (χ3n) is 9.41. The molecule has 0 spiro atoms. The van der Waals surface area contributed by atoms with Crippen LogP contribution in [0.5, 0.6) is 0 Å². The minimum atomic E-state index is 0.850. The van der Waals surface area contributed by atoms with Gasteiger partial charge in [0.15, 0.2) is 0 Å². The normalized spacial score (nSPS) is 13.6. The van der Waals surface area contributed by atoms with Gasteiger partial charge in [0.05, 0.1) is 22.7 Å². The van der Waals surface area contributed by atoms with Crippen molar-refractivity contribution < 1.29 is 8.83 Å². The van der Waals surface area contributed by atoms with E-state index >= 15 is 0 Å². The molecule has 0 bridgehead atoms. The minimum absolute atomic E-state index is 0.850. The molecule has 4 heterocycles. The van der Waals surface area contributed by atoms with Crippen molar-refractivity contribution in [3.05, 3.63) is 146 Å². The van der Waals surface area contributed by atoms with Crippen LogP contribution in [0.25, 0.3) is 43.9 Å². The van der Waals surface area contributed by atoms with Gasteiger partial charge in [-0.1, -0.05) is 72.1 Å². The molecule has 11 rings (SSSR count). The van der Waals surface area contributed by atoms with Crippen LogP contribution < -0.4 is 9.80 Å². The van der Waals surface area contributed by atoms with Gasteiger partial charge in [0.2, 0.25) is 0 Å². The Hall–Kier alpha value is -5.56. The molecule has 6 heteroatoms. The molecule has 0 amide bonds. The van der Waals surface area contributed by atoms with Gasteiger partial charge in [-0.3, -0.25) is 0 Å². The summed E-state index contributed by atoms with van der Waals surface area (Å²) in [6, 6.07) is 51.7. The van der Waals surface area contributed by atoms with Gasteiger partial charge < -0.3 is 18.6 Å². The van der Waals surface area contributed by atoms with E-state index < -0.39 is 0 Å². The lowest BCUT2D eigenvalue weighted by atomic mass is 10.1. The molecular weight excluding hydrogens is 629 g/mol. The van der Waals surface area contributed by atoms with Crippen molar-refractivity contribution in [3.63, 3.8) is 0 Å². The smallest absolute Gasteiger partial charge is 0.136 e. The zero-order valence-corrected chi connectivity index (χ0v) is 27.0. The Kier molecular flexibility index (Phi) is 5.51. The van der Waals surface area contributed by atoms with Crippen molar-refractivity contribution in [2.45, 2.75) is 19.6 Å². The van der Waals surface area contributed by atoms with Gasteiger partial charge in [-0.05, 0) is 97.1 Å². The Morgan fingerprint density at radius 1 is 0.333 bits per heavy atom. The average molecular weight is 653 g/mol. The summed E-state index contributed by atoms with van der Waals surface area (Å²) in [6.07, 6.45) is 0. The summed E-state index contributed by atoms with van der Waals surface area (Å²) in [7, 11) is 0. The van der Waals surface area contributed by atoms with Crippen molar-refractivity contribution in [2.75, 3.05) is 9.80 Å². The van der Waals surface area contributed by atoms with Crippen LogP contribution in [0.2, 0.25) is 0 Å². The summed E-state index contributed by atoms with van der Waals surface area (Å²) in [5.74, 6) is 0. The highest BCUT2D eigenvalue weighted by atomic mass is 32.2. The summed E-state index contributed by atoms with van der Waals surface area (Å²) in [5.41, 5.74) is 10.3. The minimum Gasteiger partial charge on any atom is -0.456 e. The molecule has 0 atom stereocenters. The van der Waals surface area contributed by atoms with Crippen LogP contribution in [0.4, 0.5) is 34.1 Å². The lowest BCUT2D eigenvalue weighted by Crippen LogP contribution is -2.14. The van der Waals surface area contributed by atoms with E-state index in [0.29, 0.717) is 0 Å². The van der Waals surface area contributed by atoms with Gasteiger partial charge in [-0.15, -0.1) is 0 Å². The maximum atomic E-state index is 6.52. The van der Waals surface area contributed by atoms with Crippen LogP contribution in [0.1, 0.15) is 0 Å². The average Bonchev–Trinajstić information content (AvgIpc) is 3.68. The Morgan fingerprint density at radius 2 is 0.667 bits per heavy atom. The number of nitrogens with zero attached hydrogens (tertiary/aromatic N) is 2. The third-order valence-corrected chi connectivity index (χ3v) is 11.7. The Bertz CT molecular complexity index is 2500. The van der Waals surface area contributed by atoms with E-state index in [9.17, 15) is 0 Å². The van der Waals surface area contributed by atoms with Crippen molar-refractivity contribution in [1.29, 1.82) is 0 Å². The quantitative estimate of drug-likeness (QED) is 0.185. The van der Waals surface area contributed by atoms with Crippen LogP contribution in [0, 0.1) is 0 Å². The highest BCUT2D eigenvalue weighted by molar-refractivity contribution is 8.00. The third kappa shape index (κ3) is 3.81. The van der Waals surface area contributed by atoms with Crippen molar-refractivity contribution in [3.8, 4) is 0 Å². The van der Waals surface area contributed by atoms with Crippen molar-refractivity contribution >= 4 is 102 Å². The largest absolute Gasteiger partial charge is 0.456 e. The summed E-state index contributed by atoms with van der Waals surface area (Å²) in [5, 5.41) is 4.22. The Labute approximate surface area is 284 Å². The van der Waals surface area contributed by atoms with Crippen molar-refractivity contribution in [1.82, 2.24) is 0 Å². The molecule has 226 valence electrons. The molecule has 48 heavy (non-hydrogen) atoms. The molecule has 0 unspecified atom stereocenters. The van der Waals surface area contributed by atoms with Gasteiger partial charge in [0.1, 0.15) is 22.3 Å². The summed E-state index contributed by atoms with van der Waals surface area (Å²) in [4.78, 5) is 9.68. The Balaban J connectivity index is 1.07. The van der Waals surface area contributed by atoms with Gasteiger partial charge in [-0.2, -0.15) is 0 Å². The van der Waals surface area contributed by atoms with Crippen LogP contribution in [-0.2, 0) is 0 Å². The maximum absolute atomic E-state index is 6.52. The maximum Gasteiger partial charge on any atom is 0.136 e. The molecule has 9 aromatic rings. The van der Waals surface area contributed by atoms with Crippen LogP contribution in [0.15, 0.2) is 174 Å². The van der Waals surface area contributed by atoms with Crippen LogP contribution in [0.3, 0.4) is 0 Å². The molecule has 0 saturated carbocycles. The van der Waals surface area contributed by atoms with Gasteiger partial charge in [0, 0.05) is 52.5 Å². The molecule has 2 aromatic heterocycles. The molecule has 0 aliphatic carbocycles. The number of hydrogen-bond acceptors (Lipinski definition) is 6. The number of para-hydroxylation sites is 4. The summed E-state index contributed by atoms with van der Waals surface area (Å²) >= 11 is 3.64. The van der Waals surface area contributed by atoms with Gasteiger partial charge in [0.25, 0.3) is 0 Å². The molecule has 7 aromatic carbocycles. The van der Waals surface area contributed by atoms with Crippen LogP contribution >= 0.6 is 23.5 Å². The first-order valence-electron chi connectivity index (χ1n) is 15.9. The number of furan rings is 2. The fraction of sp³-hybridized carbons (Fsp3) is 0. The van der Waals surface area contributed by atoms with E-state index in [0.717, 1.165) is 55.3 Å². The first kappa shape index (κ1) is 26.5. The number of benzene rings is 7. The lowest BCUT2D eigenvalue weighted by molar-refractivity contribution is 0.664. The van der Waals surface area contributed by atoms with E-state index in [4.69, 9.17) is 8.83 Å². The lowest BCUT2D eigenvalue weighted by Gasteiger charge is -2.32. The first-order chi connectivity index (χ1) is 23.8. The monoisotopic (exact) mass is 652 g/mol. The van der Waals surface area contributed by atoms with E-state index in [1.165, 1.54) is 42.3 Å². The van der Waals surface area contributed by atoms with E-state index in [1.807, 2.05) is 23.5 Å². The van der Waals surface area contributed by atoms with Gasteiger partial charge in [-0.25, -0.2) is 0 Å². The van der Waals surface area contributed by atoms with E-state index in [2.05, 4.69) is 155 Å². The summed E-state index contributed by atoms with van der Waals surface area (Å²) < 4.78 is 13.0. The fourth-order valence-electron chi connectivity index (χ4n) is 7.27. The molecule has 0 fully saturated rings. The molecule has 2 aliphatic rings. The van der Waals surface area contributed by atoms with Crippen molar-refractivity contribution in [2.24, 2.45) is 0 Å². The highest BCUT2D eigenvalue weighted by Gasteiger charge is 2.27. The molecule has 0 radical (unpaired) electrons. The number of hydrogen-bond donors (Lipinski definition) is 0.